The number of nitrogens with two attached hydrogens (primary N) is 1. The predicted octanol–water partition coefficient (Wildman–Crippen LogP) is 1.49. The Hall–Kier alpha value is -1.10. The zero-order valence-corrected chi connectivity index (χ0v) is 10.8. The van der Waals surface area contributed by atoms with Crippen molar-refractivity contribution >= 4 is 0 Å². The van der Waals surface area contributed by atoms with Crippen molar-refractivity contribution in [3.05, 3.63) is 29.8 Å². The second kappa shape index (κ2) is 7.27. The first-order chi connectivity index (χ1) is 8.15. The number of ether oxygens (including phenoxy) is 2. The van der Waals surface area contributed by atoms with Crippen molar-refractivity contribution < 1.29 is 9.47 Å². The lowest BCUT2D eigenvalue weighted by Crippen LogP contribution is -2.40. The van der Waals surface area contributed by atoms with Crippen LogP contribution in [0.15, 0.2) is 24.3 Å². The maximum atomic E-state index is 5.55. The van der Waals surface area contributed by atoms with Crippen LogP contribution in [0.3, 0.4) is 0 Å². The van der Waals surface area contributed by atoms with Crippen LogP contribution in [-0.2, 0) is 11.2 Å². The third-order valence-corrected chi connectivity index (χ3v) is 2.48. The first kappa shape index (κ1) is 14.0. The highest BCUT2D eigenvalue weighted by Crippen LogP contribution is 2.14. The van der Waals surface area contributed by atoms with Gasteiger partial charge in [0.2, 0.25) is 0 Å². The zero-order chi connectivity index (χ0) is 12.7. The van der Waals surface area contributed by atoms with Gasteiger partial charge < -0.3 is 9.47 Å². The number of hydrazine groups is 1. The monoisotopic (exact) mass is 238 g/mol. The van der Waals surface area contributed by atoms with Gasteiger partial charge in [-0.1, -0.05) is 12.1 Å². The van der Waals surface area contributed by atoms with Gasteiger partial charge in [-0.3, -0.25) is 11.3 Å². The van der Waals surface area contributed by atoms with E-state index < -0.39 is 0 Å². The van der Waals surface area contributed by atoms with Crippen LogP contribution in [0.25, 0.3) is 0 Å². The van der Waals surface area contributed by atoms with Crippen molar-refractivity contribution in [2.75, 3.05) is 13.7 Å². The molecule has 0 radical (unpaired) electrons. The Morgan fingerprint density at radius 2 is 2.12 bits per heavy atom. The van der Waals surface area contributed by atoms with Gasteiger partial charge in [-0.25, -0.2) is 0 Å². The van der Waals surface area contributed by atoms with Crippen LogP contribution in [0, 0.1) is 0 Å². The zero-order valence-electron chi connectivity index (χ0n) is 10.8. The van der Waals surface area contributed by atoms with E-state index in [2.05, 4.69) is 11.5 Å². The van der Waals surface area contributed by atoms with Gasteiger partial charge in [0, 0.05) is 6.04 Å². The Bertz CT molecular complexity index is 329. The summed E-state index contributed by atoms with van der Waals surface area (Å²) in [5.74, 6) is 6.38. The minimum atomic E-state index is 0.115. The van der Waals surface area contributed by atoms with E-state index in [1.165, 1.54) is 5.56 Å². The number of benzene rings is 1. The summed E-state index contributed by atoms with van der Waals surface area (Å²) in [5.41, 5.74) is 3.96. The molecule has 0 amide bonds. The average Bonchev–Trinajstić information content (AvgIpc) is 2.34. The molecule has 0 fully saturated rings. The first-order valence-corrected chi connectivity index (χ1v) is 5.86. The molecule has 1 aromatic carbocycles. The van der Waals surface area contributed by atoms with Crippen molar-refractivity contribution in [1.29, 1.82) is 0 Å². The molecule has 0 saturated heterocycles. The first-order valence-electron chi connectivity index (χ1n) is 5.86. The normalized spacial score (nSPS) is 12.8. The van der Waals surface area contributed by atoms with E-state index in [1.807, 2.05) is 32.0 Å². The van der Waals surface area contributed by atoms with Crippen LogP contribution in [-0.4, -0.2) is 25.9 Å². The average molecular weight is 238 g/mol. The summed E-state index contributed by atoms with van der Waals surface area (Å²) >= 11 is 0. The molecule has 4 heteroatoms. The molecular weight excluding hydrogens is 216 g/mol. The third-order valence-electron chi connectivity index (χ3n) is 2.48. The van der Waals surface area contributed by atoms with E-state index in [9.17, 15) is 0 Å². The van der Waals surface area contributed by atoms with E-state index in [4.69, 9.17) is 15.3 Å². The highest BCUT2D eigenvalue weighted by atomic mass is 16.5. The second-order valence-electron chi connectivity index (χ2n) is 4.30. The lowest BCUT2D eigenvalue weighted by atomic mass is 10.1. The molecule has 3 N–H and O–H groups in total. The van der Waals surface area contributed by atoms with Crippen molar-refractivity contribution in [2.45, 2.75) is 32.4 Å². The van der Waals surface area contributed by atoms with Gasteiger partial charge in [-0.05, 0) is 38.0 Å². The lowest BCUT2D eigenvalue weighted by molar-refractivity contribution is 0.0613. The van der Waals surface area contributed by atoms with Crippen molar-refractivity contribution in [3.63, 3.8) is 0 Å². The van der Waals surface area contributed by atoms with Gasteiger partial charge in [-0.2, -0.15) is 0 Å². The molecule has 1 rings (SSSR count). The van der Waals surface area contributed by atoms with Crippen LogP contribution in [0.1, 0.15) is 19.4 Å². The van der Waals surface area contributed by atoms with Crippen LogP contribution in [0.5, 0.6) is 5.75 Å². The third kappa shape index (κ3) is 5.17. The molecule has 0 aliphatic carbocycles. The second-order valence-corrected chi connectivity index (χ2v) is 4.30. The van der Waals surface area contributed by atoms with E-state index in [0.29, 0.717) is 6.61 Å². The van der Waals surface area contributed by atoms with Gasteiger partial charge in [0.15, 0.2) is 0 Å². The molecule has 4 nitrogen and oxygen atoms in total. The number of hydrogen-bond donors (Lipinski definition) is 2. The molecule has 0 spiro atoms. The number of rotatable bonds is 7. The summed E-state index contributed by atoms with van der Waals surface area (Å²) in [6.07, 6.45) is 1.04. The summed E-state index contributed by atoms with van der Waals surface area (Å²) in [5, 5.41) is 0. The van der Waals surface area contributed by atoms with Gasteiger partial charge in [0.05, 0.1) is 19.8 Å². The van der Waals surface area contributed by atoms with Gasteiger partial charge in [0.1, 0.15) is 5.75 Å². The van der Waals surface area contributed by atoms with Gasteiger partial charge in [0.25, 0.3) is 0 Å². The minimum Gasteiger partial charge on any atom is -0.497 e. The highest BCUT2D eigenvalue weighted by Gasteiger charge is 2.09. The Balaban J connectivity index is 2.54. The molecule has 1 unspecified atom stereocenters. The fourth-order valence-electron chi connectivity index (χ4n) is 1.56. The molecule has 96 valence electrons. The molecule has 0 bridgehead atoms. The van der Waals surface area contributed by atoms with E-state index in [1.54, 1.807) is 7.11 Å². The predicted molar refractivity (Wildman–Crippen MR) is 68.9 cm³/mol. The van der Waals surface area contributed by atoms with E-state index in [0.717, 1.165) is 12.2 Å². The van der Waals surface area contributed by atoms with Crippen LogP contribution in [0.4, 0.5) is 0 Å². The quantitative estimate of drug-likeness (QED) is 0.558. The highest BCUT2D eigenvalue weighted by molar-refractivity contribution is 5.28. The summed E-state index contributed by atoms with van der Waals surface area (Å²) in [7, 11) is 1.67. The molecule has 0 saturated carbocycles. The standard InChI is InChI=1S/C13H22N2O2/c1-10(2)17-9-12(15-14)7-11-5-4-6-13(8-11)16-3/h4-6,8,10,12,15H,7,9,14H2,1-3H3. The Morgan fingerprint density at radius 1 is 1.35 bits per heavy atom. The smallest absolute Gasteiger partial charge is 0.119 e. The van der Waals surface area contributed by atoms with Crippen molar-refractivity contribution in [2.24, 2.45) is 5.84 Å². The molecule has 1 atom stereocenters. The van der Waals surface area contributed by atoms with Crippen LogP contribution < -0.4 is 16.0 Å². The summed E-state index contributed by atoms with van der Waals surface area (Å²) < 4.78 is 10.7. The molecule has 0 heterocycles. The summed E-state index contributed by atoms with van der Waals surface area (Å²) in [6.45, 7) is 4.63. The topological polar surface area (TPSA) is 56.5 Å². The fraction of sp³-hybridized carbons (Fsp3) is 0.538. The Kier molecular flexibility index (Phi) is 5.97. The van der Waals surface area contributed by atoms with Crippen LogP contribution >= 0.6 is 0 Å². The fourth-order valence-corrected chi connectivity index (χ4v) is 1.56. The molecular formula is C13H22N2O2. The Labute approximate surface area is 103 Å². The number of nitrogens with one attached hydrogen (secondary N) is 1. The summed E-state index contributed by atoms with van der Waals surface area (Å²) in [6, 6.07) is 8.09. The maximum Gasteiger partial charge on any atom is 0.119 e. The minimum absolute atomic E-state index is 0.115. The lowest BCUT2D eigenvalue weighted by Gasteiger charge is -2.18. The van der Waals surface area contributed by atoms with E-state index >= 15 is 0 Å². The molecule has 0 aliphatic rings. The number of hydrogen-bond acceptors (Lipinski definition) is 4. The maximum absolute atomic E-state index is 5.55. The molecule has 17 heavy (non-hydrogen) atoms. The molecule has 1 aromatic rings. The van der Waals surface area contributed by atoms with Crippen molar-refractivity contribution in [1.82, 2.24) is 5.43 Å². The largest absolute Gasteiger partial charge is 0.497 e. The van der Waals surface area contributed by atoms with Gasteiger partial charge >= 0.3 is 0 Å². The number of methoxy groups -OCH3 is 1. The van der Waals surface area contributed by atoms with E-state index in [-0.39, 0.29) is 12.1 Å². The summed E-state index contributed by atoms with van der Waals surface area (Å²) in [4.78, 5) is 0. The Morgan fingerprint density at radius 3 is 2.71 bits per heavy atom. The molecule has 0 aromatic heterocycles. The van der Waals surface area contributed by atoms with Gasteiger partial charge in [-0.15, -0.1) is 0 Å². The molecule has 0 aliphatic heterocycles. The van der Waals surface area contributed by atoms with Crippen LogP contribution in [0.2, 0.25) is 0 Å². The van der Waals surface area contributed by atoms with Crippen molar-refractivity contribution in [3.8, 4) is 5.75 Å². The SMILES string of the molecule is COc1cccc(CC(COC(C)C)NN)c1.